The van der Waals surface area contributed by atoms with Crippen LogP contribution in [-0.4, -0.2) is 25.3 Å². The first-order chi connectivity index (χ1) is 14.0. The second-order valence-corrected chi connectivity index (χ2v) is 6.71. The summed E-state index contributed by atoms with van der Waals surface area (Å²) >= 11 is 0. The van der Waals surface area contributed by atoms with Gasteiger partial charge in [-0.2, -0.15) is 0 Å². The summed E-state index contributed by atoms with van der Waals surface area (Å²) in [6, 6.07) is 5.68. The topological polar surface area (TPSA) is 51.0 Å². The first kappa shape index (κ1) is 18.6. The Morgan fingerprint density at radius 3 is 2.72 bits per heavy atom. The van der Waals surface area contributed by atoms with Crippen molar-refractivity contribution in [3.8, 4) is 12.3 Å². The fourth-order valence-corrected chi connectivity index (χ4v) is 3.25. The lowest BCUT2D eigenvalue weighted by molar-refractivity contribution is 0.0763. The maximum absolute atomic E-state index is 14.8. The second-order valence-electron chi connectivity index (χ2n) is 6.71. The van der Waals surface area contributed by atoms with E-state index in [1.54, 1.807) is 41.6 Å². The average Bonchev–Trinajstić information content (AvgIpc) is 3.25. The quantitative estimate of drug-likeness (QED) is 0.639. The first-order valence-electron chi connectivity index (χ1n) is 8.86. The highest BCUT2D eigenvalue weighted by molar-refractivity contribution is 5.97. The molecule has 1 amide bonds. The molecule has 3 heterocycles. The highest BCUT2D eigenvalue weighted by Crippen LogP contribution is 2.27. The normalized spacial score (nSPS) is 13.5. The molecule has 0 N–H and O–H groups in total. The lowest BCUT2D eigenvalue weighted by atomic mass is 10.0. The van der Waals surface area contributed by atoms with Crippen LogP contribution in [0.2, 0.25) is 0 Å². The van der Waals surface area contributed by atoms with Crippen LogP contribution in [0, 0.1) is 30.9 Å². The van der Waals surface area contributed by atoms with Crippen molar-refractivity contribution in [2.24, 2.45) is 0 Å². The number of carbonyl (C=O) groups excluding carboxylic acids is 1. The summed E-state index contributed by atoms with van der Waals surface area (Å²) in [4.78, 5) is 22.0. The lowest BCUT2D eigenvalue weighted by Gasteiger charge is -2.17. The van der Waals surface area contributed by atoms with Gasteiger partial charge in [-0.1, -0.05) is 5.92 Å². The third-order valence-corrected chi connectivity index (χ3v) is 4.83. The van der Waals surface area contributed by atoms with E-state index in [1.807, 2.05) is 6.92 Å². The number of aromatic nitrogens is 3. The Labute approximate surface area is 166 Å². The van der Waals surface area contributed by atoms with Crippen LogP contribution in [0.3, 0.4) is 0 Å². The van der Waals surface area contributed by atoms with E-state index >= 15 is 0 Å². The number of hydrogen-bond acceptors (Lipinski definition) is 3. The van der Waals surface area contributed by atoms with E-state index in [0.717, 1.165) is 5.69 Å². The van der Waals surface area contributed by atoms with Gasteiger partial charge in [0.2, 0.25) is 0 Å². The minimum atomic E-state index is -0.764. The molecule has 0 spiro atoms. The number of carbonyl (C=O) groups is 1. The standard InChI is InChI=1S/C22H16F2N4O/c1-3-15(10-28-13-25-9-14(28)2)16-7-19(23)18(20(24)8-16)11-27-12-21-17(22(27)29)5-4-6-26-21/h1,4-10,13H,11-12H2,2H3/b15-10+. The molecule has 4 rings (SSSR count). The van der Waals surface area contributed by atoms with Crippen molar-refractivity contribution in [3.63, 3.8) is 0 Å². The fraction of sp³-hybridized carbons (Fsp3) is 0.136. The molecule has 0 unspecified atom stereocenters. The molecule has 0 aliphatic carbocycles. The van der Waals surface area contributed by atoms with Crippen molar-refractivity contribution in [2.75, 3.05) is 0 Å². The number of imidazole rings is 1. The Kier molecular flexibility index (Phi) is 4.69. The van der Waals surface area contributed by atoms with Crippen LogP contribution in [0.15, 0.2) is 43.0 Å². The van der Waals surface area contributed by atoms with E-state index in [-0.39, 0.29) is 30.1 Å². The van der Waals surface area contributed by atoms with E-state index in [9.17, 15) is 13.6 Å². The van der Waals surface area contributed by atoms with Crippen molar-refractivity contribution in [1.29, 1.82) is 0 Å². The SMILES string of the molecule is C#C/C(=C\n1cncc1C)c1cc(F)c(CN2Cc3ncccc3C2=O)c(F)c1. The number of terminal acetylenes is 1. The Balaban J connectivity index is 1.63. The number of nitrogens with zero attached hydrogens (tertiary/aromatic N) is 4. The first-order valence-corrected chi connectivity index (χ1v) is 8.86. The van der Waals surface area contributed by atoms with Gasteiger partial charge in [-0.25, -0.2) is 13.8 Å². The molecule has 144 valence electrons. The molecular weight excluding hydrogens is 374 g/mol. The number of amides is 1. The zero-order valence-corrected chi connectivity index (χ0v) is 15.6. The molecule has 29 heavy (non-hydrogen) atoms. The molecular formula is C22H16F2N4O. The van der Waals surface area contributed by atoms with Crippen LogP contribution in [0.4, 0.5) is 8.78 Å². The van der Waals surface area contributed by atoms with Crippen LogP contribution < -0.4 is 0 Å². The van der Waals surface area contributed by atoms with Crippen LogP contribution in [0.25, 0.3) is 11.8 Å². The number of pyridine rings is 1. The Hall–Kier alpha value is -3.79. The van der Waals surface area contributed by atoms with Gasteiger partial charge in [-0.05, 0) is 36.8 Å². The highest BCUT2D eigenvalue weighted by Gasteiger charge is 2.29. The van der Waals surface area contributed by atoms with E-state index < -0.39 is 11.6 Å². The number of rotatable bonds is 4. The molecule has 0 atom stereocenters. The number of hydrogen-bond donors (Lipinski definition) is 0. The van der Waals surface area contributed by atoms with Gasteiger partial charge in [0.1, 0.15) is 11.6 Å². The summed E-state index contributed by atoms with van der Waals surface area (Å²) in [5, 5.41) is 0. The molecule has 0 radical (unpaired) electrons. The minimum Gasteiger partial charge on any atom is -0.328 e. The van der Waals surface area contributed by atoms with Gasteiger partial charge in [0.05, 0.1) is 30.7 Å². The summed E-state index contributed by atoms with van der Waals surface area (Å²) in [6.07, 6.45) is 11.9. The van der Waals surface area contributed by atoms with Crippen molar-refractivity contribution < 1.29 is 13.6 Å². The summed E-state index contributed by atoms with van der Waals surface area (Å²) in [7, 11) is 0. The summed E-state index contributed by atoms with van der Waals surface area (Å²) < 4.78 is 31.2. The number of benzene rings is 1. The largest absolute Gasteiger partial charge is 0.328 e. The van der Waals surface area contributed by atoms with Gasteiger partial charge < -0.3 is 9.47 Å². The molecule has 1 aliphatic rings. The number of fused-ring (bicyclic) bond motifs is 1. The average molecular weight is 390 g/mol. The van der Waals surface area contributed by atoms with Gasteiger partial charge in [-0.15, -0.1) is 6.42 Å². The second kappa shape index (κ2) is 7.32. The smallest absolute Gasteiger partial charge is 0.256 e. The molecule has 2 aromatic heterocycles. The molecule has 3 aromatic rings. The number of allylic oxidation sites excluding steroid dienone is 1. The van der Waals surface area contributed by atoms with Crippen molar-refractivity contribution in [3.05, 3.63) is 82.7 Å². The summed E-state index contributed by atoms with van der Waals surface area (Å²) in [5.41, 5.74) is 2.24. The van der Waals surface area contributed by atoms with Gasteiger partial charge >= 0.3 is 0 Å². The Bertz CT molecular complexity index is 1170. The molecule has 1 aromatic carbocycles. The van der Waals surface area contributed by atoms with Crippen molar-refractivity contribution in [2.45, 2.75) is 20.0 Å². The van der Waals surface area contributed by atoms with Crippen molar-refractivity contribution in [1.82, 2.24) is 19.4 Å². The van der Waals surface area contributed by atoms with Crippen LogP contribution in [-0.2, 0) is 13.1 Å². The lowest BCUT2D eigenvalue weighted by Crippen LogP contribution is -2.24. The van der Waals surface area contributed by atoms with Crippen molar-refractivity contribution >= 4 is 17.7 Å². The predicted octanol–water partition coefficient (Wildman–Crippen LogP) is 3.65. The van der Waals surface area contributed by atoms with E-state index in [1.165, 1.54) is 17.0 Å². The molecule has 5 nitrogen and oxygen atoms in total. The van der Waals surface area contributed by atoms with Crippen LogP contribution in [0.1, 0.15) is 32.9 Å². The maximum Gasteiger partial charge on any atom is 0.256 e. The predicted molar refractivity (Wildman–Crippen MR) is 104 cm³/mol. The minimum absolute atomic E-state index is 0.190. The van der Waals surface area contributed by atoms with Gasteiger partial charge in [0.25, 0.3) is 5.91 Å². The number of aryl methyl sites for hydroxylation is 1. The highest BCUT2D eigenvalue weighted by atomic mass is 19.1. The third kappa shape index (κ3) is 3.41. The summed E-state index contributed by atoms with van der Waals surface area (Å²) in [6.45, 7) is 1.86. The molecule has 1 aliphatic heterocycles. The van der Waals surface area contributed by atoms with Gasteiger partial charge in [0, 0.05) is 35.4 Å². The number of halogens is 2. The Morgan fingerprint density at radius 2 is 2.10 bits per heavy atom. The molecule has 0 fully saturated rings. The van der Waals surface area contributed by atoms with Crippen LogP contribution in [0.5, 0.6) is 0 Å². The monoisotopic (exact) mass is 390 g/mol. The van der Waals surface area contributed by atoms with Crippen LogP contribution >= 0.6 is 0 Å². The van der Waals surface area contributed by atoms with Gasteiger partial charge in [-0.3, -0.25) is 9.78 Å². The molecule has 0 saturated heterocycles. The molecule has 7 heteroatoms. The molecule has 0 saturated carbocycles. The van der Waals surface area contributed by atoms with E-state index in [4.69, 9.17) is 6.42 Å². The third-order valence-electron chi connectivity index (χ3n) is 4.83. The van der Waals surface area contributed by atoms with E-state index in [0.29, 0.717) is 16.8 Å². The zero-order valence-electron chi connectivity index (χ0n) is 15.6. The zero-order chi connectivity index (χ0) is 20.5. The Morgan fingerprint density at radius 1 is 1.34 bits per heavy atom. The maximum atomic E-state index is 14.8. The summed E-state index contributed by atoms with van der Waals surface area (Å²) in [5.74, 6) is 0.633. The molecule has 0 bridgehead atoms. The van der Waals surface area contributed by atoms with Gasteiger partial charge in [0.15, 0.2) is 0 Å². The fourth-order valence-electron chi connectivity index (χ4n) is 3.25. The van der Waals surface area contributed by atoms with E-state index in [2.05, 4.69) is 15.9 Å².